The highest BCUT2D eigenvalue weighted by Crippen LogP contribution is 2.68. The van der Waals surface area contributed by atoms with Gasteiger partial charge in [0.05, 0.1) is 24.0 Å². The van der Waals surface area contributed by atoms with Crippen molar-refractivity contribution in [1.82, 2.24) is 0 Å². The number of benzene rings is 3. The molecule has 5 N–H and O–H groups in total. The molecule has 47 heavy (non-hydrogen) atoms. The second-order valence-electron chi connectivity index (χ2n) is 15.9. The summed E-state index contributed by atoms with van der Waals surface area (Å²) in [5, 5.41) is 39.4. The van der Waals surface area contributed by atoms with Crippen molar-refractivity contribution >= 4 is 43.3 Å². The Balaban J connectivity index is 1.07. The van der Waals surface area contributed by atoms with Crippen LogP contribution in [-0.2, 0) is 14.9 Å². The van der Waals surface area contributed by atoms with Gasteiger partial charge in [-0.05, 0) is 132 Å². The van der Waals surface area contributed by atoms with Gasteiger partial charge in [-0.1, -0.05) is 51.1 Å². The van der Waals surface area contributed by atoms with Gasteiger partial charge in [0.1, 0.15) is 4.90 Å². The zero-order valence-electron chi connectivity index (χ0n) is 27.6. The molecule has 0 saturated heterocycles. The Kier molecular flexibility index (Phi) is 8.27. The van der Waals surface area contributed by atoms with E-state index in [0.717, 1.165) is 42.9 Å². The van der Waals surface area contributed by atoms with Gasteiger partial charge in [0.15, 0.2) is 0 Å². The number of amides is 1. The molecular formula is C38H49NO7S. The van der Waals surface area contributed by atoms with Crippen molar-refractivity contribution in [3.05, 3.63) is 48.5 Å². The first-order valence-electron chi connectivity index (χ1n) is 17.5. The SMILES string of the molecule is CC(CCC(=O)Nc1ccc2cc3ccccc3cc2c1S(=O)(=O)O)[C@H]1CCC2C3C(C[C@H](O)[C@@]21C)[C@@]1(C)CC[C@@H](O)CC1C[C@H]3O. The average Bonchev–Trinajstić information content (AvgIpc) is 3.38. The third kappa shape index (κ3) is 5.41. The molecule has 4 aliphatic carbocycles. The van der Waals surface area contributed by atoms with Crippen molar-refractivity contribution in [2.45, 2.75) is 102 Å². The van der Waals surface area contributed by atoms with Gasteiger partial charge >= 0.3 is 0 Å². The summed E-state index contributed by atoms with van der Waals surface area (Å²) < 4.78 is 35.5. The topological polar surface area (TPSA) is 144 Å². The van der Waals surface area contributed by atoms with Crippen LogP contribution in [0.5, 0.6) is 0 Å². The lowest BCUT2D eigenvalue weighted by atomic mass is 9.43. The summed E-state index contributed by atoms with van der Waals surface area (Å²) in [4.78, 5) is 13.0. The summed E-state index contributed by atoms with van der Waals surface area (Å²) in [6.07, 6.45) is 5.22. The summed E-state index contributed by atoms with van der Waals surface area (Å²) in [5.74, 6) is 0.814. The highest BCUT2D eigenvalue weighted by Gasteiger charge is 2.65. The summed E-state index contributed by atoms with van der Waals surface area (Å²) in [6, 6.07) is 14.5. The number of hydrogen-bond acceptors (Lipinski definition) is 6. The number of fused-ring (bicyclic) bond motifs is 7. The molecule has 4 saturated carbocycles. The fraction of sp³-hybridized carbons (Fsp3) is 0.605. The largest absolute Gasteiger partial charge is 0.393 e. The molecule has 1 amide bonds. The monoisotopic (exact) mass is 663 g/mol. The van der Waals surface area contributed by atoms with E-state index in [4.69, 9.17) is 0 Å². The molecule has 0 bridgehead atoms. The quantitative estimate of drug-likeness (QED) is 0.149. The molecule has 0 heterocycles. The van der Waals surface area contributed by atoms with Crippen LogP contribution in [0.2, 0.25) is 0 Å². The van der Waals surface area contributed by atoms with Crippen molar-refractivity contribution in [1.29, 1.82) is 0 Å². The molecule has 0 radical (unpaired) electrons. The Labute approximate surface area is 277 Å². The lowest BCUT2D eigenvalue weighted by Crippen LogP contribution is -2.62. The molecule has 3 aromatic carbocycles. The molecular weight excluding hydrogens is 614 g/mol. The van der Waals surface area contributed by atoms with Gasteiger partial charge in [-0.3, -0.25) is 9.35 Å². The maximum atomic E-state index is 13.3. The Morgan fingerprint density at radius 3 is 2.38 bits per heavy atom. The van der Waals surface area contributed by atoms with Gasteiger partial charge in [-0.2, -0.15) is 8.42 Å². The minimum absolute atomic E-state index is 0.0178. The zero-order valence-corrected chi connectivity index (χ0v) is 28.4. The first-order chi connectivity index (χ1) is 22.2. The number of carbonyl (C=O) groups is 1. The van der Waals surface area contributed by atoms with Gasteiger partial charge in [-0.15, -0.1) is 0 Å². The van der Waals surface area contributed by atoms with Crippen LogP contribution in [-0.4, -0.2) is 52.5 Å². The summed E-state index contributed by atoms with van der Waals surface area (Å²) in [7, 11) is -4.65. The van der Waals surface area contributed by atoms with E-state index in [0.29, 0.717) is 30.0 Å². The van der Waals surface area contributed by atoms with E-state index in [2.05, 4.69) is 26.1 Å². The highest BCUT2D eigenvalue weighted by atomic mass is 32.2. The number of nitrogens with one attached hydrogen (secondary N) is 1. The van der Waals surface area contributed by atoms with Crippen molar-refractivity contribution < 1.29 is 33.1 Å². The molecule has 0 spiro atoms. The Bertz CT molecular complexity index is 1810. The van der Waals surface area contributed by atoms with Crippen LogP contribution in [0.4, 0.5) is 5.69 Å². The second-order valence-corrected chi connectivity index (χ2v) is 17.3. The number of anilines is 1. The Morgan fingerprint density at radius 2 is 1.66 bits per heavy atom. The standard InChI is InChI=1S/C38H49NO7S/c1-21(8-13-34(43)39-31-12-9-24-16-22-6-4-5-7-23(22)17-27(24)36(31)47(44,45)46)28-10-11-29-35-30(20-33(42)38(28,29)3)37(2)15-14-26(40)18-25(37)19-32(35)41/h4-7,9,12,16-17,21,25-26,28-30,32-33,35,40-42H,8,10-11,13-15,18-20H2,1-3H3,(H,39,43)(H,44,45,46)/t21?,25?,26-,28-,29?,30?,32-,33+,35?,37+,38-/m1/s1. The number of rotatable bonds is 6. The van der Waals surface area contributed by atoms with Crippen molar-refractivity contribution in [2.75, 3.05) is 5.32 Å². The first kappa shape index (κ1) is 33.0. The van der Waals surface area contributed by atoms with E-state index < -0.39 is 22.3 Å². The van der Waals surface area contributed by atoms with Gasteiger partial charge < -0.3 is 20.6 Å². The minimum Gasteiger partial charge on any atom is -0.393 e. The van der Waals surface area contributed by atoms with E-state index in [9.17, 15) is 33.1 Å². The molecule has 7 rings (SSSR count). The van der Waals surface area contributed by atoms with Crippen molar-refractivity contribution in [3.63, 3.8) is 0 Å². The summed E-state index contributed by atoms with van der Waals surface area (Å²) >= 11 is 0. The van der Waals surface area contributed by atoms with Crippen LogP contribution in [0.1, 0.15) is 78.6 Å². The van der Waals surface area contributed by atoms with Crippen molar-refractivity contribution in [3.8, 4) is 0 Å². The summed E-state index contributed by atoms with van der Waals surface area (Å²) in [6.45, 7) is 6.68. The third-order valence-corrected chi connectivity index (χ3v) is 14.7. The number of aliphatic hydroxyl groups excluding tert-OH is 3. The van der Waals surface area contributed by atoms with E-state index in [1.54, 1.807) is 12.1 Å². The molecule has 8 nitrogen and oxygen atoms in total. The Hall–Kier alpha value is -2.56. The maximum absolute atomic E-state index is 13.3. The third-order valence-electron chi connectivity index (χ3n) is 13.7. The van der Waals surface area contributed by atoms with Crippen LogP contribution >= 0.6 is 0 Å². The van der Waals surface area contributed by atoms with E-state index in [1.807, 2.05) is 30.3 Å². The van der Waals surface area contributed by atoms with Gasteiger partial charge in [0.2, 0.25) is 5.91 Å². The van der Waals surface area contributed by atoms with E-state index in [-0.39, 0.29) is 75.4 Å². The fourth-order valence-electron chi connectivity index (χ4n) is 11.3. The van der Waals surface area contributed by atoms with Crippen LogP contribution in [0.3, 0.4) is 0 Å². The van der Waals surface area contributed by atoms with Gasteiger partial charge in [-0.25, -0.2) is 0 Å². The van der Waals surface area contributed by atoms with Crippen molar-refractivity contribution in [2.24, 2.45) is 46.3 Å². The fourth-order valence-corrected chi connectivity index (χ4v) is 12.1. The number of aliphatic hydroxyl groups is 3. The lowest BCUT2D eigenvalue weighted by Gasteiger charge is -2.63. The molecule has 0 aliphatic heterocycles. The smallest absolute Gasteiger partial charge is 0.297 e. The van der Waals surface area contributed by atoms with Gasteiger partial charge in [0.25, 0.3) is 10.1 Å². The van der Waals surface area contributed by atoms with E-state index in [1.165, 1.54) is 6.07 Å². The lowest BCUT2D eigenvalue weighted by molar-refractivity contribution is -0.207. The van der Waals surface area contributed by atoms with Crippen LogP contribution in [0.15, 0.2) is 53.4 Å². The second kappa shape index (κ2) is 11.8. The zero-order chi connectivity index (χ0) is 33.5. The minimum atomic E-state index is -4.65. The van der Waals surface area contributed by atoms with Crippen LogP contribution < -0.4 is 5.32 Å². The molecule has 11 atom stereocenters. The number of hydrogen-bond donors (Lipinski definition) is 5. The molecule has 254 valence electrons. The van der Waals surface area contributed by atoms with E-state index >= 15 is 0 Å². The maximum Gasteiger partial charge on any atom is 0.297 e. The predicted octanol–water partition coefficient (Wildman–Crippen LogP) is 6.56. The molecule has 4 aliphatic rings. The first-order valence-corrected chi connectivity index (χ1v) is 18.9. The van der Waals surface area contributed by atoms with Gasteiger partial charge in [0, 0.05) is 11.8 Å². The normalized spacial score (nSPS) is 37.6. The molecule has 0 aromatic heterocycles. The van der Waals surface area contributed by atoms with Crippen LogP contribution in [0, 0.1) is 46.3 Å². The highest BCUT2D eigenvalue weighted by molar-refractivity contribution is 7.86. The molecule has 5 unspecified atom stereocenters. The predicted molar refractivity (Wildman–Crippen MR) is 182 cm³/mol. The Morgan fingerprint density at radius 1 is 0.936 bits per heavy atom. The van der Waals surface area contributed by atoms with Crippen LogP contribution in [0.25, 0.3) is 21.5 Å². The average molecular weight is 664 g/mol. The molecule has 3 aromatic rings. The molecule has 9 heteroatoms. The summed E-state index contributed by atoms with van der Waals surface area (Å²) in [5.41, 5.74) is -0.290. The number of carbonyl (C=O) groups excluding carboxylic acids is 1. The molecule has 4 fully saturated rings.